The lowest BCUT2D eigenvalue weighted by molar-refractivity contribution is 0.183. The van der Waals surface area contributed by atoms with Crippen LogP contribution in [0.1, 0.15) is 46.1 Å². The molecule has 0 bridgehead atoms. The first kappa shape index (κ1) is 21.5. The fourth-order valence-electron chi connectivity index (χ4n) is 3.20. The first-order valence-corrected chi connectivity index (χ1v) is 9.12. The molecule has 1 saturated heterocycles. The molecule has 1 unspecified atom stereocenters. The first-order chi connectivity index (χ1) is 12.3. The Hall–Kier alpha value is -2.55. The second-order valence-electron chi connectivity index (χ2n) is 6.40. The van der Waals surface area contributed by atoms with Crippen molar-refractivity contribution in [3.05, 3.63) is 84.1 Å². The third-order valence-electron chi connectivity index (χ3n) is 4.82. The van der Waals surface area contributed by atoms with Crippen molar-refractivity contribution in [1.82, 2.24) is 10.2 Å². The van der Waals surface area contributed by atoms with Gasteiger partial charge in [0.2, 0.25) is 0 Å². The minimum atomic E-state index is -0.404. The second kappa shape index (κ2) is 9.81. The zero-order valence-corrected chi connectivity index (χ0v) is 16.8. The summed E-state index contributed by atoms with van der Waals surface area (Å²) in [5.41, 5.74) is 3.95. The van der Waals surface area contributed by atoms with Crippen LogP contribution in [0.4, 0.5) is 4.79 Å². The molecule has 3 nitrogen and oxygen atoms in total. The van der Waals surface area contributed by atoms with E-state index in [0.717, 1.165) is 24.1 Å². The molecule has 0 aliphatic carbocycles. The molecule has 1 heterocycles. The van der Waals surface area contributed by atoms with Gasteiger partial charge in [-0.1, -0.05) is 81.1 Å². The molecular weight excluding hydrogens is 320 g/mol. The molecule has 1 N–H and O–H groups in total. The van der Waals surface area contributed by atoms with Gasteiger partial charge in [-0.25, -0.2) is 4.79 Å². The van der Waals surface area contributed by atoms with Crippen LogP contribution in [0.3, 0.4) is 0 Å². The Bertz CT molecular complexity index is 700. The lowest BCUT2D eigenvalue weighted by atomic mass is 9.84. The van der Waals surface area contributed by atoms with Crippen molar-refractivity contribution >= 4 is 6.03 Å². The quantitative estimate of drug-likeness (QED) is 0.654. The van der Waals surface area contributed by atoms with Crippen LogP contribution in [0.2, 0.25) is 0 Å². The Labute approximate surface area is 158 Å². The van der Waals surface area contributed by atoms with Gasteiger partial charge in [-0.2, -0.15) is 0 Å². The van der Waals surface area contributed by atoms with Gasteiger partial charge < -0.3 is 10.2 Å². The molecule has 0 spiro atoms. The van der Waals surface area contributed by atoms with Gasteiger partial charge in [-0.15, -0.1) is 0 Å². The van der Waals surface area contributed by atoms with Gasteiger partial charge in [-0.3, -0.25) is 0 Å². The van der Waals surface area contributed by atoms with Crippen molar-refractivity contribution in [2.24, 2.45) is 0 Å². The number of carbonyl (C=O) groups excluding carboxylic acids is 1. The molecule has 0 aromatic heterocycles. The second-order valence-corrected chi connectivity index (χ2v) is 6.40. The third-order valence-corrected chi connectivity index (χ3v) is 4.82. The molecule has 26 heavy (non-hydrogen) atoms. The molecule has 140 valence electrons. The highest BCUT2D eigenvalue weighted by Gasteiger charge is 2.46. The van der Waals surface area contributed by atoms with E-state index in [1.807, 2.05) is 63.4 Å². The topological polar surface area (TPSA) is 32.3 Å². The van der Waals surface area contributed by atoms with Crippen molar-refractivity contribution < 1.29 is 4.79 Å². The van der Waals surface area contributed by atoms with E-state index >= 15 is 0 Å². The molecule has 1 aromatic carbocycles. The highest BCUT2D eigenvalue weighted by molar-refractivity contribution is 5.82. The largest absolute Gasteiger partial charge is 0.322 e. The van der Waals surface area contributed by atoms with Crippen molar-refractivity contribution in [3.8, 4) is 0 Å². The van der Waals surface area contributed by atoms with Gasteiger partial charge >= 0.3 is 6.03 Å². The van der Waals surface area contributed by atoms with Gasteiger partial charge in [0.15, 0.2) is 0 Å². The van der Waals surface area contributed by atoms with Crippen LogP contribution in [0.15, 0.2) is 78.6 Å². The van der Waals surface area contributed by atoms with Crippen LogP contribution < -0.4 is 5.32 Å². The Morgan fingerprint density at radius 1 is 1.27 bits per heavy atom. The summed E-state index contributed by atoms with van der Waals surface area (Å²) in [4.78, 5) is 13.4. The van der Waals surface area contributed by atoms with E-state index in [9.17, 15) is 4.79 Å². The number of nitrogens with one attached hydrogen (secondary N) is 1. The maximum atomic E-state index is 11.7. The number of hydrogen-bond acceptors (Lipinski definition) is 1. The van der Waals surface area contributed by atoms with Crippen LogP contribution >= 0.6 is 0 Å². The molecule has 1 fully saturated rings. The highest BCUT2D eigenvalue weighted by atomic mass is 16.2. The van der Waals surface area contributed by atoms with Crippen molar-refractivity contribution in [2.45, 2.75) is 46.1 Å². The lowest BCUT2D eigenvalue weighted by Gasteiger charge is -2.34. The third kappa shape index (κ3) is 4.54. The van der Waals surface area contributed by atoms with E-state index in [1.165, 1.54) is 11.1 Å². The van der Waals surface area contributed by atoms with E-state index in [4.69, 9.17) is 0 Å². The van der Waals surface area contributed by atoms with E-state index in [0.29, 0.717) is 0 Å². The minimum absolute atomic E-state index is 0.0873. The van der Waals surface area contributed by atoms with Crippen molar-refractivity contribution in [2.75, 3.05) is 7.05 Å². The molecule has 1 atom stereocenters. The number of benzene rings is 1. The van der Waals surface area contributed by atoms with E-state index in [2.05, 4.69) is 38.4 Å². The first-order valence-electron chi connectivity index (χ1n) is 9.12. The number of likely N-dealkylation sites (N-methyl/N-ethyl adjacent to an activating group) is 1. The van der Waals surface area contributed by atoms with Gasteiger partial charge in [0.05, 0.1) is 0 Å². The Morgan fingerprint density at radius 2 is 1.88 bits per heavy atom. The number of amides is 2. The van der Waals surface area contributed by atoms with E-state index in [-0.39, 0.29) is 6.03 Å². The Kier molecular flexibility index (Phi) is 8.11. The molecule has 0 radical (unpaired) electrons. The van der Waals surface area contributed by atoms with Gasteiger partial charge in [0.25, 0.3) is 0 Å². The Balaban J connectivity index is 0.000000294. The summed E-state index contributed by atoms with van der Waals surface area (Å²) in [6.07, 6.45) is 8.07. The molecule has 2 amide bonds. The average Bonchev–Trinajstić information content (AvgIpc) is 2.86. The number of hydrogen-bond donors (Lipinski definition) is 1. The highest BCUT2D eigenvalue weighted by Crippen LogP contribution is 2.40. The predicted octanol–water partition coefficient (Wildman–Crippen LogP) is 5.94. The molecule has 1 aliphatic heterocycles. The number of urea groups is 1. The van der Waals surface area contributed by atoms with Crippen LogP contribution in [0.5, 0.6) is 0 Å². The normalized spacial score (nSPS) is 20.0. The van der Waals surface area contributed by atoms with E-state index < -0.39 is 5.54 Å². The number of rotatable bonds is 5. The standard InChI is InChI=1S/C13H16N2O.C10H16/c1-4-13(11-8-6-5-7-9-11)10(2)14-12(16)15(13)3;1-5-7-8-10(6-2)9(3)4/h5-9H,2,4H2,1,3H3,(H,14,16);5,7-8H,3,6H2,1-2,4H3/b;7-5-,10-8-. The zero-order valence-electron chi connectivity index (χ0n) is 16.8. The summed E-state index contributed by atoms with van der Waals surface area (Å²) >= 11 is 0. The summed E-state index contributed by atoms with van der Waals surface area (Å²) in [6.45, 7) is 16.1. The number of carbonyl (C=O) groups is 1. The minimum Gasteiger partial charge on any atom is -0.312 e. The summed E-state index contributed by atoms with van der Waals surface area (Å²) in [7, 11) is 1.81. The summed E-state index contributed by atoms with van der Waals surface area (Å²) in [5, 5.41) is 2.80. The summed E-state index contributed by atoms with van der Waals surface area (Å²) in [6, 6.07) is 9.92. The SMILES string of the molecule is C=C(C)/C(=C\C=C/C)CC.C=C1NC(=O)N(C)C1(CC)c1ccccc1. The van der Waals surface area contributed by atoms with Crippen LogP contribution in [0.25, 0.3) is 0 Å². The smallest absolute Gasteiger partial charge is 0.312 e. The molecular formula is C23H32N2O. The Morgan fingerprint density at radius 3 is 2.27 bits per heavy atom. The fraction of sp³-hybridized carbons (Fsp3) is 0.348. The maximum Gasteiger partial charge on any atom is 0.322 e. The van der Waals surface area contributed by atoms with Crippen LogP contribution in [-0.4, -0.2) is 18.0 Å². The molecule has 3 heteroatoms. The van der Waals surface area contributed by atoms with Crippen LogP contribution in [-0.2, 0) is 5.54 Å². The fourth-order valence-corrected chi connectivity index (χ4v) is 3.20. The van der Waals surface area contributed by atoms with Gasteiger partial charge in [-0.05, 0) is 37.8 Å². The summed E-state index contributed by atoms with van der Waals surface area (Å²) < 4.78 is 0. The van der Waals surface area contributed by atoms with Crippen molar-refractivity contribution in [3.63, 3.8) is 0 Å². The summed E-state index contributed by atoms with van der Waals surface area (Å²) in [5.74, 6) is 0. The zero-order chi connectivity index (χ0) is 19.7. The molecule has 1 aromatic rings. The number of nitrogens with zero attached hydrogens (tertiary/aromatic N) is 1. The predicted molar refractivity (Wildman–Crippen MR) is 112 cm³/mol. The average molecular weight is 353 g/mol. The monoisotopic (exact) mass is 352 g/mol. The van der Waals surface area contributed by atoms with Crippen LogP contribution in [0, 0.1) is 0 Å². The lowest BCUT2D eigenvalue weighted by Crippen LogP contribution is -2.40. The number of allylic oxidation sites excluding steroid dienone is 5. The molecule has 2 rings (SSSR count). The van der Waals surface area contributed by atoms with Gasteiger partial charge in [0.1, 0.15) is 5.54 Å². The van der Waals surface area contributed by atoms with Gasteiger partial charge in [0, 0.05) is 12.7 Å². The molecule has 0 saturated carbocycles. The molecule has 1 aliphatic rings. The van der Waals surface area contributed by atoms with E-state index in [1.54, 1.807) is 4.90 Å². The maximum absolute atomic E-state index is 11.7. The van der Waals surface area contributed by atoms with Crippen molar-refractivity contribution in [1.29, 1.82) is 0 Å².